The van der Waals surface area contributed by atoms with Crippen LogP contribution in [0, 0.1) is 12.3 Å². The topological polar surface area (TPSA) is 78.1 Å². The minimum absolute atomic E-state index is 0.269. The first-order valence-electron chi connectivity index (χ1n) is 7.52. The number of aromatic amines is 1. The molecule has 0 atom stereocenters. The molecule has 0 bridgehead atoms. The molecular formula is C14H26N4O2S. The third kappa shape index (κ3) is 3.14. The third-order valence-electron chi connectivity index (χ3n) is 4.69. The van der Waals surface area contributed by atoms with Crippen molar-refractivity contribution in [1.82, 2.24) is 19.8 Å². The minimum atomic E-state index is -3.46. The number of aromatic nitrogens is 2. The summed E-state index contributed by atoms with van der Waals surface area (Å²) in [6, 6.07) is 0. The first kappa shape index (κ1) is 16.5. The molecule has 7 heteroatoms. The van der Waals surface area contributed by atoms with Gasteiger partial charge in [0.15, 0.2) is 0 Å². The molecular weight excluding hydrogens is 288 g/mol. The average molecular weight is 314 g/mol. The fourth-order valence-electron chi connectivity index (χ4n) is 2.85. The van der Waals surface area contributed by atoms with Crippen LogP contribution in [0.5, 0.6) is 0 Å². The van der Waals surface area contributed by atoms with Crippen LogP contribution in [0.1, 0.15) is 44.5 Å². The van der Waals surface area contributed by atoms with Gasteiger partial charge in [0.05, 0.1) is 11.4 Å². The Hall–Kier alpha value is -0.920. The summed E-state index contributed by atoms with van der Waals surface area (Å²) < 4.78 is 27.4. The molecule has 1 aromatic heterocycles. The van der Waals surface area contributed by atoms with Gasteiger partial charge in [-0.2, -0.15) is 9.40 Å². The Balaban J connectivity index is 2.26. The maximum absolute atomic E-state index is 12.9. The Bertz CT molecular complexity index is 586. The number of piperidine rings is 1. The predicted molar refractivity (Wildman–Crippen MR) is 82.5 cm³/mol. The lowest BCUT2D eigenvalue weighted by Gasteiger charge is -2.38. The fourth-order valence-corrected chi connectivity index (χ4v) is 4.62. The smallest absolute Gasteiger partial charge is 0.246 e. The first-order chi connectivity index (χ1) is 9.84. The highest BCUT2D eigenvalue weighted by atomic mass is 32.2. The van der Waals surface area contributed by atoms with Gasteiger partial charge >= 0.3 is 0 Å². The molecule has 0 radical (unpaired) electrons. The maximum atomic E-state index is 12.9. The van der Waals surface area contributed by atoms with E-state index in [-0.39, 0.29) is 5.41 Å². The Morgan fingerprint density at radius 1 is 1.38 bits per heavy atom. The van der Waals surface area contributed by atoms with Crippen LogP contribution in [0.25, 0.3) is 0 Å². The second kappa shape index (κ2) is 6.06. The van der Waals surface area contributed by atoms with E-state index in [0.717, 1.165) is 19.3 Å². The number of hydrogen-bond donors (Lipinski definition) is 2. The summed E-state index contributed by atoms with van der Waals surface area (Å²) in [6.07, 6.45) is 2.93. The molecule has 0 amide bonds. The van der Waals surface area contributed by atoms with Gasteiger partial charge in [-0.05, 0) is 32.2 Å². The molecule has 21 heavy (non-hydrogen) atoms. The van der Waals surface area contributed by atoms with Gasteiger partial charge in [0.25, 0.3) is 0 Å². The molecule has 1 aliphatic heterocycles. The van der Waals surface area contributed by atoms with Crippen LogP contribution in [0.4, 0.5) is 0 Å². The monoisotopic (exact) mass is 314 g/mol. The van der Waals surface area contributed by atoms with Crippen LogP contribution in [0.15, 0.2) is 4.90 Å². The Labute approximate surface area is 127 Å². The number of H-pyrrole nitrogens is 1. The maximum Gasteiger partial charge on any atom is 0.246 e. The predicted octanol–water partition coefficient (Wildman–Crippen LogP) is 1.64. The van der Waals surface area contributed by atoms with Crippen LogP contribution in [0.3, 0.4) is 0 Å². The lowest BCUT2D eigenvalue weighted by Crippen LogP contribution is -2.42. The Morgan fingerprint density at radius 3 is 2.52 bits per heavy atom. The summed E-state index contributed by atoms with van der Waals surface area (Å²) in [5.41, 5.74) is 1.45. The molecule has 0 spiro atoms. The standard InChI is InChI=1S/C14H26N4O2S/c1-5-14(3)6-8-18(9-7-14)21(19,20)13-11(2)16-17-12(13)10-15-4/h15H,5-10H2,1-4H3,(H,16,17). The highest BCUT2D eigenvalue weighted by Gasteiger charge is 2.36. The Morgan fingerprint density at radius 2 is 2.00 bits per heavy atom. The molecule has 0 aromatic carbocycles. The lowest BCUT2D eigenvalue weighted by atomic mass is 9.79. The second-order valence-corrected chi connectivity index (χ2v) is 8.10. The van der Waals surface area contributed by atoms with E-state index in [4.69, 9.17) is 0 Å². The van der Waals surface area contributed by atoms with E-state index in [0.29, 0.717) is 35.9 Å². The zero-order valence-electron chi connectivity index (χ0n) is 13.4. The van der Waals surface area contributed by atoms with E-state index in [1.165, 1.54) is 0 Å². The average Bonchev–Trinajstić information content (AvgIpc) is 2.81. The minimum Gasteiger partial charge on any atom is -0.314 e. The third-order valence-corrected chi connectivity index (χ3v) is 6.79. The van der Waals surface area contributed by atoms with Crippen LogP contribution in [-0.4, -0.2) is 43.1 Å². The molecule has 1 fully saturated rings. The quantitative estimate of drug-likeness (QED) is 0.866. The van der Waals surface area contributed by atoms with Crippen LogP contribution in [-0.2, 0) is 16.6 Å². The summed E-state index contributed by atoms with van der Waals surface area (Å²) in [4.78, 5) is 0.344. The molecule has 6 nitrogen and oxygen atoms in total. The fraction of sp³-hybridized carbons (Fsp3) is 0.786. The SMILES string of the molecule is CCC1(C)CCN(S(=O)(=O)c2c(CNC)n[nH]c2C)CC1. The van der Waals surface area contributed by atoms with Crippen molar-refractivity contribution in [2.75, 3.05) is 20.1 Å². The highest BCUT2D eigenvalue weighted by Crippen LogP contribution is 2.36. The largest absolute Gasteiger partial charge is 0.314 e. The molecule has 2 N–H and O–H groups in total. The van der Waals surface area contributed by atoms with Crippen molar-refractivity contribution in [2.45, 2.75) is 51.5 Å². The molecule has 120 valence electrons. The molecule has 1 aromatic rings. The molecule has 0 saturated carbocycles. The van der Waals surface area contributed by atoms with E-state index in [9.17, 15) is 8.42 Å². The van der Waals surface area contributed by atoms with Crippen molar-refractivity contribution in [3.63, 3.8) is 0 Å². The molecule has 0 unspecified atom stereocenters. The molecule has 1 aliphatic rings. The lowest BCUT2D eigenvalue weighted by molar-refractivity contribution is 0.169. The number of nitrogens with one attached hydrogen (secondary N) is 2. The van der Waals surface area contributed by atoms with Gasteiger partial charge in [-0.25, -0.2) is 8.42 Å². The van der Waals surface area contributed by atoms with Crippen molar-refractivity contribution >= 4 is 10.0 Å². The van der Waals surface area contributed by atoms with E-state index in [1.54, 1.807) is 18.3 Å². The van der Waals surface area contributed by atoms with Gasteiger partial charge in [0.2, 0.25) is 10.0 Å². The molecule has 2 heterocycles. The summed E-state index contributed by atoms with van der Waals surface area (Å²) in [6.45, 7) is 7.81. The van der Waals surface area contributed by atoms with Crippen molar-refractivity contribution < 1.29 is 8.42 Å². The summed E-state index contributed by atoms with van der Waals surface area (Å²) >= 11 is 0. The summed E-state index contributed by atoms with van der Waals surface area (Å²) in [5, 5.41) is 9.89. The zero-order valence-corrected chi connectivity index (χ0v) is 14.2. The Kier molecular flexibility index (Phi) is 4.75. The summed E-state index contributed by atoms with van der Waals surface area (Å²) in [5.74, 6) is 0. The van der Waals surface area contributed by atoms with Gasteiger partial charge in [0, 0.05) is 19.6 Å². The van der Waals surface area contributed by atoms with Gasteiger partial charge in [-0.1, -0.05) is 20.3 Å². The molecule has 2 rings (SSSR count). The van der Waals surface area contributed by atoms with Gasteiger partial charge < -0.3 is 5.32 Å². The van der Waals surface area contributed by atoms with Crippen molar-refractivity contribution in [3.05, 3.63) is 11.4 Å². The molecule has 0 aliphatic carbocycles. The summed E-state index contributed by atoms with van der Waals surface area (Å²) in [7, 11) is -1.68. The van der Waals surface area contributed by atoms with Crippen molar-refractivity contribution in [3.8, 4) is 0 Å². The van der Waals surface area contributed by atoms with E-state index >= 15 is 0 Å². The highest BCUT2D eigenvalue weighted by molar-refractivity contribution is 7.89. The first-order valence-corrected chi connectivity index (χ1v) is 8.96. The van der Waals surface area contributed by atoms with E-state index in [1.807, 2.05) is 0 Å². The second-order valence-electron chi connectivity index (χ2n) is 6.22. The number of aryl methyl sites for hydroxylation is 1. The normalized spacial score (nSPS) is 19.8. The number of hydrogen-bond acceptors (Lipinski definition) is 4. The zero-order chi connectivity index (χ0) is 15.7. The van der Waals surface area contributed by atoms with Gasteiger partial charge in [-0.15, -0.1) is 0 Å². The van der Waals surface area contributed by atoms with Gasteiger partial charge in [0.1, 0.15) is 4.90 Å². The number of rotatable bonds is 5. The van der Waals surface area contributed by atoms with Crippen molar-refractivity contribution in [2.24, 2.45) is 5.41 Å². The van der Waals surface area contributed by atoms with Crippen LogP contribution in [0.2, 0.25) is 0 Å². The number of nitrogens with zero attached hydrogens (tertiary/aromatic N) is 2. The van der Waals surface area contributed by atoms with Crippen LogP contribution >= 0.6 is 0 Å². The van der Waals surface area contributed by atoms with Crippen molar-refractivity contribution in [1.29, 1.82) is 0 Å². The molecule has 1 saturated heterocycles. The van der Waals surface area contributed by atoms with E-state index < -0.39 is 10.0 Å². The van der Waals surface area contributed by atoms with Crippen LogP contribution < -0.4 is 5.32 Å². The van der Waals surface area contributed by atoms with E-state index in [2.05, 4.69) is 29.4 Å². The van der Waals surface area contributed by atoms with Gasteiger partial charge in [-0.3, -0.25) is 5.10 Å². The number of sulfonamides is 1.